The molecule has 0 atom stereocenters. The molecular formula is C17H12ClN3O4S2. The maximum absolute atomic E-state index is 12.8. The number of fused-ring (bicyclic) bond motifs is 1. The molecular weight excluding hydrogens is 410 g/mol. The minimum Gasteiger partial charge on any atom is -0.408 e. The van der Waals surface area contributed by atoms with Crippen molar-refractivity contribution in [2.45, 2.75) is 11.8 Å². The van der Waals surface area contributed by atoms with Gasteiger partial charge in [0.15, 0.2) is 10.7 Å². The summed E-state index contributed by atoms with van der Waals surface area (Å²) in [6.07, 6.45) is 0. The van der Waals surface area contributed by atoms with E-state index in [0.717, 1.165) is 5.56 Å². The second-order valence-electron chi connectivity index (χ2n) is 5.78. The van der Waals surface area contributed by atoms with E-state index in [1.807, 2.05) is 12.1 Å². The maximum atomic E-state index is 12.8. The summed E-state index contributed by atoms with van der Waals surface area (Å²) in [7, 11) is -3.90. The molecule has 0 unspecified atom stereocenters. The van der Waals surface area contributed by atoms with Gasteiger partial charge in [-0.25, -0.2) is 18.2 Å². The third kappa shape index (κ3) is 3.48. The zero-order valence-electron chi connectivity index (χ0n) is 13.8. The number of aromatic amines is 1. The highest BCUT2D eigenvalue weighted by atomic mass is 35.5. The first-order valence-corrected chi connectivity index (χ1v) is 10.4. The lowest BCUT2D eigenvalue weighted by Gasteiger charge is -2.08. The third-order valence-electron chi connectivity index (χ3n) is 3.87. The maximum Gasteiger partial charge on any atom is 0.417 e. The molecule has 0 amide bonds. The first-order chi connectivity index (χ1) is 12.8. The molecule has 138 valence electrons. The van der Waals surface area contributed by atoms with Gasteiger partial charge < -0.3 is 4.42 Å². The van der Waals surface area contributed by atoms with Crippen LogP contribution in [0.25, 0.3) is 22.4 Å². The lowest BCUT2D eigenvalue weighted by Crippen LogP contribution is -2.14. The number of H-pyrrole nitrogens is 1. The van der Waals surface area contributed by atoms with E-state index in [0.29, 0.717) is 21.8 Å². The van der Waals surface area contributed by atoms with E-state index in [9.17, 15) is 13.2 Å². The van der Waals surface area contributed by atoms with E-state index in [4.69, 9.17) is 16.0 Å². The molecule has 0 radical (unpaired) electrons. The van der Waals surface area contributed by atoms with Gasteiger partial charge in [0.1, 0.15) is 0 Å². The molecule has 0 aliphatic rings. The van der Waals surface area contributed by atoms with Gasteiger partial charge in [-0.15, -0.1) is 11.3 Å². The summed E-state index contributed by atoms with van der Waals surface area (Å²) in [6.45, 7) is 1.64. The Labute approximate surface area is 162 Å². The number of anilines is 1. The summed E-state index contributed by atoms with van der Waals surface area (Å²) < 4.78 is 33.0. The van der Waals surface area contributed by atoms with Gasteiger partial charge in [-0.1, -0.05) is 23.7 Å². The van der Waals surface area contributed by atoms with Crippen molar-refractivity contribution in [2.24, 2.45) is 0 Å². The molecule has 2 N–H and O–H groups in total. The number of hydrogen-bond donors (Lipinski definition) is 2. The number of rotatable bonds is 4. The van der Waals surface area contributed by atoms with E-state index in [1.54, 1.807) is 30.5 Å². The van der Waals surface area contributed by atoms with Gasteiger partial charge >= 0.3 is 5.76 Å². The van der Waals surface area contributed by atoms with Crippen LogP contribution in [0, 0.1) is 6.92 Å². The zero-order chi connectivity index (χ0) is 19.2. The molecule has 0 fully saturated rings. The van der Waals surface area contributed by atoms with E-state index in [2.05, 4.69) is 14.7 Å². The van der Waals surface area contributed by atoms with Crippen LogP contribution < -0.4 is 10.5 Å². The summed E-state index contributed by atoms with van der Waals surface area (Å²) in [4.78, 5) is 18.1. The highest BCUT2D eigenvalue weighted by molar-refractivity contribution is 7.93. The van der Waals surface area contributed by atoms with Crippen LogP contribution in [0.1, 0.15) is 5.56 Å². The van der Waals surface area contributed by atoms with Crippen LogP contribution in [0.15, 0.2) is 55.9 Å². The van der Waals surface area contributed by atoms with Gasteiger partial charge in [-0.2, -0.15) is 0 Å². The molecule has 2 aromatic heterocycles. The fourth-order valence-electron chi connectivity index (χ4n) is 2.62. The third-order valence-corrected chi connectivity index (χ3v) is 6.49. The smallest absolute Gasteiger partial charge is 0.408 e. The predicted molar refractivity (Wildman–Crippen MR) is 105 cm³/mol. The molecule has 10 heteroatoms. The quantitative estimate of drug-likeness (QED) is 0.518. The number of aryl methyl sites for hydroxylation is 1. The zero-order valence-corrected chi connectivity index (χ0v) is 16.2. The number of nitrogens with zero attached hydrogens (tertiary/aromatic N) is 1. The Bertz CT molecular complexity index is 1300. The van der Waals surface area contributed by atoms with Crippen molar-refractivity contribution in [1.82, 2.24) is 9.97 Å². The average molecular weight is 422 g/mol. The lowest BCUT2D eigenvalue weighted by molar-refractivity contribution is 0.554. The minimum absolute atomic E-state index is 0.0148. The first-order valence-electron chi connectivity index (χ1n) is 7.69. The number of halogens is 1. The Hall–Kier alpha value is -2.62. The topological polar surface area (TPSA) is 105 Å². The Morgan fingerprint density at radius 2 is 1.96 bits per heavy atom. The van der Waals surface area contributed by atoms with Gasteiger partial charge in [-0.3, -0.25) is 9.71 Å². The summed E-state index contributed by atoms with van der Waals surface area (Å²) in [5, 5.41) is 2.59. The van der Waals surface area contributed by atoms with Crippen LogP contribution in [0.4, 0.5) is 5.13 Å². The molecule has 2 heterocycles. The van der Waals surface area contributed by atoms with Crippen LogP contribution >= 0.6 is 22.9 Å². The van der Waals surface area contributed by atoms with Crippen LogP contribution in [0.3, 0.4) is 0 Å². The standard InChI is InChI=1S/C17H12ClN3O4S2/c1-9-6-12-14(25-17(22)20-12)7-15(9)27(23,24)21-16-19-13(8-26-16)10-2-4-11(18)5-3-10/h2-8H,1H3,(H,19,21)(H,20,22). The molecule has 7 nitrogen and oxygen atoms in total. The number of hydrogen-bond acceptors (Lipinski definition) is 6. The summed E-state index contributed by atoms with van der Waals surface area (Å²) in [5.41, 5.74) is 2.55. The van der Waals surface area contributed by atoms with Crippen molar-refractivity contribution in [3.63, 3.8) is 0 Å². The monoisotopic (exact) mass is 421 g/mol. The second-order valence-corrected chi connectivity index (χ2v) is 8.72. The van der Waals surface area contributed by atoms with Gasteiger partial charge in [0, 0.05) is 22.0 Å². The van der Waals surface area contributed by atoms with Crippen molar-refractivity contribution in [1.29, 1.82) is 0 Å². The van der Waals surface area contributed by atoms with Gasteiger partial charge in [-0.05, 0) is 30.7 Å². The van der Waals surface area contributed by atoms with E-state index < -0.39 is 15.8 Å². The highest BCUT2D eigenvalue weighted by Crippen LogP contribution is 2.29. The van der Waals surface area contributed by atoms with Crippen molar-refractivity contribution < 1.29 is 12.8 Å². The summed E-state index contributed by atoms with van der Waals surface area (Å²) in [5.74, 6) is -0.639. The number of nitrogens with one attached hydrogen (secondary N) is 2. The predicted octanol–water partition coefficient (Wildman–Crippen LogP) is 4.01. The molecule has 0 spiro atoms. The molecule has 0 aliphatic carbocycles. The molecule has 27 heavy (non-hydrogen) atoms. The Balaban J connectivity index is 1.67. The van der Waals surface area contributed by atoms with Crippen LogP contribution in [-0.2, 0) is 10.0 Å². The molecule has 4 aromatic rings. The molecule has 4 rings (SSSR count). The fourth-order valence-corrected chi connectivity index (χ4v) is 4.96. The average Bonchev–Trinajstić information content (AvgIpc) is 3.19. The van der Waals surface area contributed by atoms with Crippen LogP contribution in [0.5, 0.6) is 0 Å². The first kappa shape index (κ1) is 17.8. The largest absolute Gasteiger partial charge is 0.417 e. The van der Waals surface area contributed by atoms with Crippen LogP contribution in [0.2, 0.25) is 5.02 Å². The van der Waals surface area contributed by atoms with Gasteiger partial charge in [0.2, 0.25) is 0 Å². The van der Waals surface area contributed by atoms with E-state index >= 15 is 0 Å². The van der Waals surface area contributed by atoms with Crippen molar-refractivity contribution >= 4 is 49.2 Å². The minimum atomic E-state index is -3.90. The number of aromatic nitrogens is 2. The Morgan fingerprint density at radius 3 is 2.70 bits per heavy atom. The second kappa shape index (κ2) is 6.52. The van der Waals surface area contributed by atoms with Gasteiger partial charge in [0.25, 0.3) is 10.0 Å². The highest BCUT2D eigenvalue weighted by Gasteiger charge is 2.21. The summed E-state index contributed by atoms with van der Waals surface area (Å²) >= 11 is 7.05. The molecule has 0 aliphatic heterocycles. The molecule has 2 aromatic carbocycles. The van der Waals surface area contributed by atoms with Crippen molar-refractivity contribution in [2.75, 3.05) is 4.72 Å². The van der Waals surface area contributed by atoms with Gasteiger partial charge in [0.05, 0.1) is 16.1 Å². The normalized spacial score (nSPS) is 11.8. The van der Waals surface area contributed by atoms with E-state index in [-0.39, 0.29) is 15.6 Å². The van der Waals surface area contributed by atoms with Crippen molar-refractivity contribution in [3.05, 3.63) is 62.9 Å². The summed E-state index contributed by atoms with van der Waals surface area (Å²) in [6, 6.07) is 9.96. The number of sulfonamides is 1. The molecule has 0 saturated carbocycles. The number of benzene rings is 2. The Kier molecular flexibility index (Phi) is 4.29. The number of thiazole rings is 1. The lowest BCUT2D eigenvalue weighted by atomic mass is 10.2. The molecule has 0 saturated heterocycles. The van der Waals surface area contributed by atoms with Crippen molar-refractivity contribution in [3.8, 4) is 11.3 Å². The molecule has 0 bridgehead atoms. The van der Waals surface area contributed by atoms with Crippen LogP contribution in [-0.4, -0.2) is 18.4 Å². The number of oxazole rings is 1. The van der Waals surface area contributed by atoms with E-state index in [1.165, 1.54) is 17.4 Å². The fraction of sp³-hybridized carbons (Fsp3) is 0.0588. The SMILES string of the molecule is Cc1cc2[nH]c(=O)oc2cc1S(=O)(=O)Nc1nc(-c2ccc(Cl)cc2)cs1. The Morgan fingerprint density at radius 1 is 1.22 bits per heavy atom.